The lowest BCUT2D eigenvalue weighted by Gasteiger charge is -2.34. The standard InChI is InChI=1S/C20H31N3O3S/c24-20(21-13-12-18-9-4-3-5-10-18)19-11-8-16-23(17-19)27(25,26)22-14-6-1-2-7-15-22/h3-5,9-10,19H,1-2,6-8,11-17H2,(H,21,24). The summed E-state index contributed by atoms with van der Waals surface area (Å²) in [5, 5.41) is 2.99. The molecule has 1 amide bonds. The Morgan fingerprint density at radius 3 is 2.33 bits per heavy atom. The summed E-state index contributed by atoms with van der Waals surface area (Å²) in [6.45, 7) is 2.61. The van der Waals surface area contributed by atoms with E-state index in [4.69, 9.17) is 0 Å². The average Bonchev–Trinajstić information content (AvgIpc) is 2.99. The number of carbonyl (C=O) groups excluding carboxylic acids is 1. The van der Waals surface area contributed by atoms with Crippen molar-refractivity contribution < 1.29 is 13.2 Å². The van der Waals surface area contributed by atoms with Crippen LogP contribution in [-0.2, 0) is 21.4 Å². The summed E-state index contributed by atoms with van der Waals surface area (Å²) >= 11 is 0. The van der Waals surface area contributed by atoms with Crippen LogP contribution in [-0.4, -0.2) is 55.7 Å². The van der Waals surface area contributed by atoms with Crippen LogP contribution in [0.15, 0.2) is 30.3 Å². The van der Waals surface area contributed by atoms with Gasteiger partial charge < -0.3 is 5.32 Å². The van der Waals surface area contributed by atoms with E-state index >= 15 is 0 Å². The van der Waals surface area contributed by atoms with Crippen LogP contribution >= 0.6 is 0 Å². The summed E-state index contributed by atoms with van der Waals surface area (Å²) < 4.78 is 29.1. The number of benzene rings is 1. The molecule has 1 unspecified atom stereocenters. The molecule has 2 heterocycles. The molecule has 2 aliphatic heterocycles. The van der Waals surface area contributed by atoms with Crippen molar-refractivity contribution in [3.63, 3.8) is 0 Å². The molecule has 0 saturated carbocycles. The molecule has 27 heavy (non-hydrogen) atoms. The molecule has 7 heteroatoms. The fourth-order valence-corrected chi connectivity index (χ4v) is 5.70. The molecule has 1 aromatic rings. The first kappa shape index (κ1) is 20.3. The van der Waals surface area contributed by atoms with Gasteiger partial charge in [0.05, 0.1) is 5.92 Å². The summed E-state index contributed by atoms with van der Waals surface area (Å²) in [4.78, 5) is 12.5. The van der Waals surface area contributed by atoms with Crippen molar-refractivity contribution >= 4 is 16.1 Å². The van der Waals surface area contributed by atoms with Gasteiger partial charge >= 0.3 is 0 Å². The van der Waals surface area contributed by atoms with Crippen LogP contribution in [0.1, 0.15) is 44.1 Å². The largest absolute Gasteiger partial charge is 0.355 e. The zero-order chi connectivity index (χ0) is 19.1. The Balaban J connectivity index is 1.52. The Morgan fingerprint density at radius 2 is 1.63 bits per heavy atom. The molecule has 6 nitrogen and oxygen atoms in total. The molecule has 0 radical (unpaired) electrons. The average molecular weight is 394 g/mol. The zero-order valence-electron chi connectivity index (χ0n) is 16.0. The summed E-state index contributed by atoms with van der Waals surface area (Å²) in [5.74, 6) is -0.280. The molecule has 2 aliphatic rings. The van der Waals surface area contributed by atoms with E-state index in [1.165, 1.54) is 9.87 Å². The number of piperidine rings is 1. The van der Waals surface area contributed by atoms with E-state index in [2.05, 4.69) is 5.32 Å². The van der Waals surface area contributed by atoms with Gasteiger partial charge in [-0.2, -0.15) is 17.0 Å². The summed E-state index contributed by atoms with van der Waals surface area (Å²) in [7, 11) is -3.45. The molecule has 1 aromatic carbocycles. The highest BCUT2D eigenvalue weighted by Gasteiger charge is 2.35. The smallest absolute Gasteiger partial charge is 0.281 e. The van der Waals surface area contributed by atoms with Gasteiger partial charge in [0.1, 0.15) is 0 Å². The second-order valence-corrected chi connectivity index (χ2v) is 9.47. The first-order valence-corrected chi connectivity index (χ1v) is 11.5. The van der Waals surface area contributed by atoms with Crippen molar-refractivity contribution in [2.75, 3.05) is 32.7 Å². The number of carbonyl (C=O) groups is 1. The van der Waals surface area contributed by atoms with Gasteiger partial charge in [-0.3, -0.25) is 4.79 Å². The zero-order valence-corrected chi connectivity index (χ0v) is 16.8. The molecule has 1 N–H and O–H groups in total. The van der Waals surface area contributed by atoms with Crippen LogP contribution in [0.3, 0.4) is 0 Å². The number of nitrogens with one attached hydrogen (secondary N) is 1. The predicted octanol–water partition coefficient (Wildman–Crippen LogP) is 2.18. The Hall–Kier alpha value is -1.44. The maximum atomic E-state index is 13.0. The molecule has 2 saturated heterocycles. The summed E-state index contributed by atoms with van der Waals surface area (Å²) in [5.41, 5.74) is 1.19. The molecule has 150 valence electrons. The van der Waals surface area contributed by atoms with Gasteiger partial charge in [-0.15, -0.1) is 0 Å². The van der Waals surface area contributed by atoms with Crippen LogP contribution in [0.4, 0.5) is 0 Å². The van der Waals surface area contributed by atoms with Gasteiger partial charge in [0.25, 0.3) is 10.2 Å². The van der Waals surface area contributed by atoms with Crippen molar-refractivity contribution in [3.8, 4) is 0 Å². The van der Waals surface area contributed by atoms with E-state index in [-0.39, 0.29) is 11.8 Å². The minimum Gasteiger partial charge on any atom is -0.355 e. The van der Waals surface area contributed by atoms with Crippen molar-refractivity contribution in [2.24, 2.45) is 5.92 Å². The monoisotopic (exact) mass is 393 g/mol. The van der Waals surface area contributed by atoms with E-state index < -0.39 is 10.2 Å². The Labute approximate surface area is 163 Å². The van der Waals surface area contributed by atoms with Crippen molar-refractivity contribution in [1.29, 1.82) is 0 Å². The van der Waals surface area contributed by atoms with Gasteiger partial charge in [0, 0.05) is 32.7 Å². The third-order valence-electron chi connectivity index (χ3n) is 5.53. The van der Waals surface area contributed by atoms with Gasteiger partial charge in [-0.05, 0) is 37.7 Å². The highest BCUT2D eigenvalue weighted by Crippen LogP contribution is 2.23. The molecule has 2 fully saturated rings. The topological polar surface area (TPSA) is 69.7 Å². The van der Waals surface area contributed by atoms with Gasteiger partial charge in [0.15, 0.2) is 0 Å². The third-order valence-corrected chi connectivity index (χ3v) is 7.53. The van der Waals surface area contributed by atoms with Gasteiger partial charge in [0.2, 0.25) is 5.91 Å². The summed E-state index contributed by atoms with van der Waals surface area (Å²) in [6.07, 6.45) is 6.33. The highest BCUT2D eigenvalue weighted by atomic mass is 32.2. The van der Waals surface area contributed by atoms with Crippen LogP contribution in [0.25, 0.3) is 0 Å². The summed E-state index contributed by atoms with van der Waals surface area (Å²) in [6, 6.07) is 10.0. The Bertz CT molecular complexity index is 700. The molecule has 0 spiro atoms. The highest BCUT2D eigenvalue weighted by molar-refractivity contribution is 7.86. The number of nitrogens with zero attached hydrogens (tertiary/aromatic N) is 2. The molecule has 0 bridgehead atoms. The van der Waals surface area contributed by atoms with E-state index in [1.807, 2.05) is 30.3 Å². The van der Waals surface area contributed by atoms with Gasteiger partial charge in [-0.1, -0.05) is 43.2 Å². The van der Waals surface area contributed by atoms with Crippen molar-refractivity contribution in [1.82, 2.24) is 13.9 Å². The number of hydrogen-bond donors (Lipinski definition) is 1. The minimum absolute atomic E-state index is 0.0262. The molecule has 3 rings (SSSR count). The van der Waals surface area contributed by atoms with Crippen LogP contribution < -0.4 is 5.32 Å². The maximum Gasteiger partial charge on any atom is 0.281 e. The number of amides is 1. The van der Waals surface area contributed by atoms with Crippen LogP contribution in [0, 0.1) is 5.92 Å². The number of rotatable bonds is 6. The molecular weight excluding hydrogens is 362 g/mol. The van der Waals surface area contributed by atoms with E-state index in [0.717, 1.165) is 44.9 Å². The fraction of sp³-hybridized carbons (Fsp3) is 0.650. The quantitative estimate of drug-likeness (QED) is 0.805. The van der Waals surface area contributed by atoms with Crippen LogP contribution in [0.5, 0.6) is 0 Å². The fourth-order valence-electron chi connectivity index (χ4n) is 3.92. The number of hydrogen-bond acceptors (Lipinski definition) is 3. The maximum absolute atomic E-state index is 13.0. The lowest BCUT2D eigenvalue weighted by molar-refractivity contribution is -0.126. The SMILES string of the molecule is O=C(NCCc1ccccc1)C1CCCN(S(=O)(=O)N2CCCCCC2)C1. The van der Waals surface area contributed by atoms with Crippen molar-refractivity contribution in [3.05, 3.63) is 35.9 Å². The lowest BCUT2D eigenvalue weighted by atomic mass is 9.99. The Morgan fingerprint density at radius 1 is 0.963 bits per heavy atom. The molecule has 0 aromatic heterocycles. The van der Waals surface area contributed by atoms with Crippen molar-refractivity contribution in [2.45, 2.75) is 44.9 Å². The van der Waals surface area contributed by atoms with E-state index in [1.54, 1.807) is 4.31 Å². The third kappa shape index (κ3) is 5.53. The van der Waals surface area contributed by atoms with E-state index in [0.29, 0.717) is 32.7 Å². The van der Waals surface area contributed by atoms with Gasteiger partial charge in [-0.25, -0.2) is 0 Å². The minimum atomic E-state index is -3.45. The first-order valence-electron chi connectivity index (χ1n) is 10.1. The normalized spacial score (nSPS) is 22.9. The second kappa shape index (κ2) is 9.66. The lowest BCUT2D eigenvalue weighted by Crippen LogP contribution is -2.50. The first-order chi connectivity index (χ1) is 13.1. The molecule has 0 aliphatic carbocycles. The van der Waals surface area contributed by atoms with E-state index in [9.17, 15) is 13.2 Å². The second-order valence-electron chi connectivity index (χ2n) is 7.54. The molecule has 1 atom stereocenters. The predicted molar refractivity (Wildman–Crippen MR) is 106 cm³/mol. The Kier molecular flexibility index (Phi) is 7.26. The molecular formula is C20H31N3O3S. The van der Waals surface area contributed by atoms with Crippen LogP contribution in [0.2, 0.25) is 0 Å².